The highest BCUT2D eigenvalue weighted by molar-refractivity contribution is 6.15. The molecule has 0 bridgehead atoms. The van der Waals surface area contributed by atoms with Crippen molar-refractivity contribution in [3.05, 3.63) is 76.4 Å². The molecule has 2 aromatic rings. The molecule has 0 heterocycles. The van der Waals surface area contributed by atoms with Crippen LogP contribution in [0, 0.1) is 11.3 Å². The third-order valence-electron chi connectivity index (χ3n) is 3.29. The zero-order valence-corrected chi connectivity index (χ0v) is 10.3. The third kappa shape index (κ3) is 2.07. The quantitative estimate of drug-likeness (QED) is 0.723. The van der Waals surface area contributed by atoms with Gasteiger partial charge in [-0.05, 0) is 29.3 Å². The Kier molecular flexibility index (Phi) is 2.74. The number of fused-ring (bicyclic) bond motifs is 1. The Hall–Kier alpha value is -2.66. The summed E-state index contributed by atoms with van der Waals surface area (Å²) in [5, 5.41) is 8.88. The number of ketones is 1. The molecule has 0 unspecified atom stereocenters. The molecule has 0 radical (unpaired) electrons. The first-order valence-electron chi connectivity index (χ1n) is 6.11. The van der Waals surface area contributed by atoms with Gasteiger partial charge < -0.3 is 0 Å². The number of carbonyl (C=O) groups excluding carboxylic acids is 1. The van der Waals surface area contributed by atoms with Gasteiger partial charge in [0.15, 0.2) is 5.78 Å². The topological polar surface area (TPSA) is 40.9 Å². The SMILES string of the molecule is N#Cc1cccc(/C=C2/Cc3ccccc3C2=O)c1. The van der Waals surface area contributed by atoms with Gasteiger partial charge in [0.05, 0.1) is 11.6 Å². The first-order chi connectivity index (χ1) is 9.28. The molecule has 3 rings (SSSR count). The number of hydrogen-bond donors (Lipinski definition) is 0. The normalized spacial score (nSPS) is 15.3. The molecule has 0 saturated heterocycles. The number of nitriles is 1. The van der Waals surface area contributed by atoms with Crippen molar-refractivity contribution in [2.24, 2.45) is 0 Å². The van der Waals surface area contributed by atoms with Gasteiger partial charge in [0.2, 0.25) is 0 Å². The molecule has 2 aromatic carbocycles. The Morgan fingerprint density at radius 1 is 1.11 bits per heavy atom. The second-order valence-electron chi connectivity index (χ2n) is 4.57. The van der Waals surface area contributed by atoms with Crippen molar-refractivity contribution in [1.29, 1.82) is 5.26 Å². The van der Waals surface area contributed by atoms with Crippen molar-refractivity contribution in [2.45, 2.75) is 6.42 Å². The minimum Gasteiger partial charge on any atom is -0.289 e. The Labute approximate surface area is 111 Å². The first-order valence-corrected chi connectivity index (χ1v) is 6.11. The van der Waals surface area contributed by atoms with E-state index in [4.69, 9.17) is 5.26 Å². The van der Waals surface area contributed by atoms with Gasteiger partial charge in [-0.2, -0.15) is 5.26 Å². The predicted molar refractivity (Wildman–Crippen MR) is 73.6 cm³/mol. The maximum Gasteiger partial charge on any atom is 0.189 e. The van der Waals surface area contributed by atoms with E-state index in [2.05, 4.69) is 6.07 Å². The Balaban J connectivity index is 1.99. The molecule has 0 atom stereocenters. The smallest absolute Gasteiger partial charge is 0.189 e. The average molecular weight is 245 g/mol. The van der Waals surface area contributed by atoms with Crippen molar-refractivity contribution in [2.75, 3.05) is 0 Å². The summed E-state index contributed by atoms with van der Waals surface area (Å²) in [6.07, 6.45) is 2.55. The highest BCUT2D eigenvalue weighted by Gasteiger charge is 2.23. The predicted octanol–water partition coefficient (Wildman–Crippen LogP) is 3.38. The van der Waals surface area contributed by atoms with Crippen LogP contribution in [0.25, 0.3) is 6.08 Å². The second-order valence-corrected chi connectivity index (χ2v) is 4.57. The molecule has 0 saturated carbocycles. The van der Waals surface area contributed by atoms with E-state index in [0.29, 0.717) is 12.0 Å². The van der Waals surface area contributed by atoms with Gasteiger partial charge in [-0.25, -0.2) is 0 Å². The lowest BCUT2D eigenvalue weighted by molar-refractivity contribution is 0.104. The number of rotatable bonds is 1. The van der Waals surface area contributed by atoms with Gasteiger partial charge in [-0.3, -0.25) is 4.79 Å². The summed E-state index contributed by atoms with van der Waals surface area (Å²) in [7, 11) is 0. The lowest BCUT2D eigenvalue weighted by Gasteiger charge is -1.97. The summed E-state index contributed by atoms with van der Waals surface area (Å²) >= 11 is 0. The maximum absolute atomic E-state index is 12.2. The number of hydrogen-bond acceptors (Lipinski definition) is 2. The molecule has 0 aliphatic heterocycles. The Bertz CT molecular complexity index is 735. The van der Waals surface area contributed by atoms with E-state index in [9.17, 15) is 4.79 Å². The first kappa shape index (κ1) is 11.4. The average Bonchev–Trinajstić information content (AvgIpc) is 2.76. The van der Waals surface area contributed by atoms with Crippen LogP contribution >= 0.6 is 0 Å². The molecule has 90 valence electrons. The highest BCUT2D eigenvalue weighted by Crippen LogP contribution is 2.27. The number of allylic oxidation sites excluding steroid dienone is 1. The zero-order valence-electron chi connectivity index (χ0n) is 10.3. The number of benzene rings is 2. The standard InChI is InChI=1S/C17H11NO/c18-11-13-5-3-4-12(8-13)9-15-10-14-6-1-2-7-16(14)17(15)19/h1-9H,10H2/b15-9-. The van der Waals surface area contributed by atoms with Crippen LogP contribution in [0.15, 0.2) is 54.1 Å². The summed E-state index contributed by atoms with van der Waals surface area (Å²) in [5.74, 6) is 0.0953. The van der Waals surface area contributed by atoms with Crippen molar-refractivity contribution in [1.82, 2.24) is 0 Å². The Morgan fingerprint density at radius 3 is 2.74 bits per heavy atom. The van der Waals surface area contributed by atoms with Gasteiger partial charge in [0, 0.05) is 17.6 Å². The van der Waals surface area contributed by atoms with Crippen LogP contribution in [0.5, 0.6) is 0 Å². The molecular weight excluding hydrogens is 234 g/mol. The molecule has 0 amide bonds. The molecule has 0 spiro atoms. The van der Waals surface area contributed by atoms with Gasteiger partial charge in [0.1, 0.15) is 0 Å². The van der Waals surface area contributed by atoms with Crippen LogP contribution in [-0.4, -0.2) is 5.78 Å². The van der Waals surface area contributed by atoms with Crippen LogP contribution in [0.3, 0.4) is 0 Å². The molecule has 1 aliphatic rings. The van der Waals surface area contributed by atoms with E-state index in [1.54, 1.807) is 12.1 Å². The fourth-order valence-corrected chi connectivity index (χ4v) is 2.37. The molecule has 19 heavy (non-hydrogen) atoms. The number of carbonyl (C=O) groups is 1. The second kappa shape index (κ2) is 4.55. The molecular formula is C17H11NO. The zero-order chi connectivity index (χ0) is 13.2. The minimum atomic E-state index is 0.0953. The van der Waals surface area contributed by atoms with Crippen molar-refractivity contribution in [3.8, 4) is 6.07 Å². The van der Waals surface area contributed by atoms with Gasteiger partial charge in [0.25, 0.3) is 0 Å². The summed E-state index contributed by atoms with van der Waals surface area (Å²) in [5.41, 5.74) is 4.17. The van der Waals surface area contributed by atoms with E-state index in [-0.39, 0.29) is 5.78 Å². The minimum absolute atomic E-state index is 0.0953. The van der Waals surface area contributed by atoms with Crippen LogP contribution in [0.2, 0.25) is 0 Å². The van der Waals surface area contributed by atoms with E-state index in [0.717, 1.165) is 22.3 Å². The number of Topliss-reactive ketones (excluding diaryl/α,β-unsaturated/α-hetero) is 1. The summed E-state index contributed by atoms with van der Waals surface area (Å²) in [6, 6.07) is 17.1. The third-order valence-corrected chi connectivity index (χ3v) is 3.29. The molecule has 0 fully saturated rings. The highest BCUT2D eigenvalue weighted by atomic mass is 16.1. The Morgan fingerprint density at radius 2 is 1.95 bits per heavy atom. The van der Waals surface area contributed by atoms with E-state index in [1.807, 2.05) is 42.5 Å². The monoisotopic (exact) mass is 245 g/mol. The summed E-state index contributed by atoms with van der Waals surface area (Å²) < 4.78 is 0. The van der Waals surface area contributed by atoms with Gasteiger partial charge >= 0.3 is 0 Å². The lowest BCUT2D eigenvalue weighted by Crippen LogP contribution is -1.94. The van der Waals surface area contributed by atoms with E-state index < -0.39 is 0 Å². The van der Waals surface area contributed by atoms with Crippen molar-refractivity contribution in [3.63, 3.8) is 0 Å². The lowest BCUT2D eigenvalue weighted by atomic mass is 10.1. The largest absolute Gasteiger partial charge is 0.289 e. The fourth-order valence-electron chi connectivity index (χ4n) is 2.37. The van der Waals surface area contributed by atoms with Crippen LogP contribution in [0.1, 0.15) is 27.0 Å². The summed E-state index contributed by atoms with van der Waals surface area (Å²) in [6.45, 7) is 0. The van der Waals surface area contributed by atoms with E-state index in [1.165, 1.54) is 0 Å². The maximum atomic E-state index is 12.2. The molecule has 2 nitrogen and oxygen atoms in total. The van der Waals surface area contributed by atoms with Crippen LogP contribution in [0.4, 0.5) is 0 Å². The van der Waals surface area contributed by atoms with Crippen molar-refractivity contribution >= 4 is 11.9 Å². The molecule has 0 N–H and O–H groups in total. The van der Waals surface area contributed by atoms with Gasteiger partial charge in [-0.1, -0.05) is 36.4 Å². The number of nitrogens with zero attached hydrogens (tertiary/aromatic N) is 1. The summed E-state index contributed by atoms with van der Waals surface area (Å²) in [4.78, 5) is 12.2. The molecule has 2 heteroatoms. The van der Waals surface area contributed by atoms with Crippen LogP contribution in [-0.2, 0) is 6.42 Å². The van der Waals surface area contributed by atoms with Gasteiger partial charge in [-0.15, -0.1) is 0 Å². The fraction of sp³-hybridized carbons (Fsp3) is 0.0588. The van der Waals surface area contributed by atoms with Crippen molar-refractivity contribution < 1.29 is 4.79 Å². The van der Waals surface area contributed by atoms with E-state index >= 15 is 0 Å². The molecule has 0 aromatic heterocycles. The molecule has 1 aliphatic carbocycles. The van der Waals surface area contributed by atoms with Crippen LogP contribution < -0.4 is 0 Å².